The van der Waals surface area contributed by atoms with Gasteiger partial charge in [-0.1, -0.05) is 18.2 Å². The standard InChI is InChI=1S/C22H22F3N3O3/c1-31-18-8-6-16(7-9-18)21(30)28-12-10-15(11-13-28)20(29)27-26-14-17-4-2-3-5-19(17)22(23,24)25/h2-9,14-15H,10-13H2,1H3,(H,27,29)/b26-14-. The number of carbonyl (C=O) groups excluding carboxylic acids is 2. The highest BCUT2D eigenvalue weighted by molar-refractivity contribution is 5.94. The number of carbonyl (C=O) groups is 2. The van der Waals surface area contributed by atoms with Crippen LogP contribution in [0.2, 0.25) is 0 Å². The van der Waals surface area contributed by atoms with Crippen LogP contribution in [-0.4, -0.2) is 43.1 Å². The van der Waals surface area contributed by atoms with Crippen LogP contribution >= 0.6 is 0 Å². The number of halogens is 3. The van der Waals surface area contributed by atoms with Crippen LogP contribution in [0.4, 0.5) is 13.2 Å². The number of nitrogens with zero attached hydrogens (tertiary/aromatic N) is 2. The minimum atomic E-state index is -4.50. The van der Waals surface area contributed by atoms with Gasteiger partial charge in [-0.3, -0.25) is 9.59 Å². The summed E-state index contributed by atoms with van der Waals surface area (Å²) in [6.07, 6.45) is -2.62. The zero-order valence-electron chi connectivity index (χ0n) is 16.9. The van der Waals surface area contributed by atoms with Gasteiger partial charge >= 0.3 is 6.18 Å². The molecule has 1 aliphatic rings. The number of alkyl halides is 3. The molecule has 0 unspecified atom stereocenters. The summed E-state index contributed by atoms with van der Waals surface area (Å²) >= 11 is 0. The predicted molar refractivity (Wildman–Crippen MR) is 109 cm³/mol. The number of ether oxygens (including phenoxy) is 1. The van der Waals surface area contributed by atoms with Crippen LogP contribution in [0.1, 0.15) is 34.3 Å². The largest absolute Gasteiger partial charge is 0.497 e. The van der Waals surface area contributed by atoms with Gasteiger partial charge in [0.05, 0.1) is 18.9 Å². The number of methoxy groups -OCH3 is 1. The Bertz CT molecular complexity index is 950. The summed E-state index contributed by atoms with van der Waals surface area (Å²) in [5.74, 6) is -0.208. The lowest BCUT2D eigenvalue weighted by Gasteiger charge is -2.31. The maximum absolute atomic E-state index is 13.0. The molecule has 164 valence electrons. The van der Waals surface area contributed by atoms with Crippen LogP contribution in [0.3, 0.4) is 0 Å². The second kappa shape index (κ2) is 9.63. The third-order valence-electron chi connectivity index (χ3n) is 5.13. The molecule has 9 heteroatoms. The molecule has 0 aliphatic carbocycles. The van der Waals surface area contributed by atoms with Crippen LogP contribution < -0.4 is 10.2 Å². The van der Waals surface area contributed by atoms with E-state index in [1.165, 1.54) is 18.2 Å². The molecule has 0 atom stereocenters. The third kappa shape index (κ3) is 5.62. The van der Waals surface area contributed by atoms with Gasteiger partial charge in [0.2, 0.25) is 5.91 Å². The van der Waals surface area contributed by atoms with Gasteiger partial charge < -0.3 is 9.64 Å². The van der Waals surface area contributed by atoms with Crippen LogP contribution in [0.15, 0.2) is 53.6 Å². The van der Waals surface area contributed by atoms with Crippen molar-refractivity contribution in [1.29, 1.82) is 0 Å². The predicted octanol–water partition coefficient (Wildman–Crippen LogP) is 3.72. The molecular weight excluding hydrogens is 411 g/mol. The molecule has 0 bridgehead atoms. The fourth-order valence-corrected chi connectivity index (χ4v) is 3.39. The van der Waals surface area contributed by atoms with E-state index in [-0.39, 0.29) is 23.3 Å². The van der Waals surface area contributed by atoms with Gasteiger partial charge in [0.15, 0.2) is 0 Å². The topological polar surface area (TPSA) is 71.0 Å². The van der Waals surface area contributed by atoms with Crippen LogP contribution in [-0.2, 0) is 11.0 Å². The van der Waals surface area contributed by atoms with Gasteiger partial charge in [-0.2, -0.15) is 18.3 Å². The summed E-state index contributed by atoms with van der Waals surface area (Å²) in [5, 5.41) is 3.69. The van der Waals surface area contributed by atoms with Gasteiger partial charge in [-0.15, -0.1) is 0 Å². The van der Waals surface area contributed by atoms with E-state index < -0.39 is 11.7 Å². The van der Waals surface area contributed by atoms with Crippen LogP contribution in [0, 0.1) is 5.92 Å². The van der Waals surface area contributed by atoms with E-state index >= 15 is 0 Å². The molecule has 1 heterocycles. The fourth-order valence-electron chi connectivity index (χ4n) is 3.39. The first-order valence-corrected chi connectivity index (χ1v) is 9.72. The number of nitrogens with one attached hydrogen (secondary N) is 1. The average Bonchev–Trinajstić information content (AvgIpc) is 2.78. The zero-order valence-corrected chi connectivity index (χ0v) is 16.9. The lowest BCUT2D eigenvalue weighted by Crippen LogP contribution is -2.42. The van der Waals surface area contributed by atoms with Crippen LogP contribution in [0.5, 0.6) is 5.75 Å². The van der Waals surface area contributed by atoms with Crippen molar-refractivity contribution in [3.63, 3.8) is 0 Å². The summed E-state index contributed by atoms with van der Waals surface area (Å²) in [6.45, 7) is 0.813. The van der Waals surface area contributed by atoms with E-state index in [4.69, 9.17) is 4.74 Å². The highest BCUT2D eigenvalue weighted by Crippen LogP contribution is 2.31. The lowest BCUT2D eigenvalue weighted by atomic mass is 9.95. The Balaban J connectivity index is 1.52. The Morgan fingerprint density at radius 3 is 2.35 bits per heavy atom. The second-order valence-corrected chi connectivity index (χ2v) is 7.11. The molecule has 1 aliphatic heterocycles. The number of amides is 2. The van der Waals surface area contributed by atoms with Crippen molar-refractivity contribution in [2.45, 2.75) is 19.0 Å². The van der Waals surface area contributed by atoms with E-state index in [9.17, 15) is 22.8 Å². The Hall–Kier alpha value is -3.36. The number of hydrogen-bond donors (Lipinski definition) is 1. The quantitative estimate of drug-likeness (QED) is 0.577. The maximum atomic E-state index is 13.0. The summed E-state index contributed by atoms with van der Waals surface area (Å²) in [4.78, 5) is 26.6. The van der Waals surface area contributed by atoms with E-state index in [1.807, 2.05) is 0 Å². The summed E-state index contributed by atoms with van der Waals surface area (Å²) < 4.78 is 44.1. The Morgan fingerprint density at radius 2 is 1.74 bits per heavy atom. The van der Waals surface area contributed by atoms with E-state index in [1.54, 1.807) is 36.3 Å². The highest BCUT2D eigenvalue weighted by Gasteiger charge is 2.32. The maximum Gasteiger partial charge on any atom is 0.417 e. The molecule has 0 spiro atoms. The van der Waals surface area contributed by atoms with Crippen molar-refractivity contribution in [2.24, 2.45) is 11.0 Å². The Labute approximate surface area is 177 Å². The number of hydrazone groups is 1. The van der Waals surface area contributed by atoms with Crippen molar-refractivity contribution in [3.05, 3.63) is 65.2 Å². The molecule has 0 radical (unpaired) electrons. The van der Waals surface area contributed by atoms with Crippen molar-refractivity contribution in [1.82, 2.24) is 10.3 Å². The number of rotatable bonds is 5. The Morgan fingerprint density at radius 1 is 1.10 bits per heavy atom. The van der Waals surface area contributed by atoms with Gasteiger partial charge in [0, 0.05) is 30.1 Å². The van der Waals surface area contributed by atoms with Gasteiger partial charge in [-0.05, 0) is 43.2 Å². The molecule has 1 N–H and O–H groups in total. The minimum Gasteiger partial charge on any atom is -0.497 e. The van der Waals surface area contributed by atoms with Crippen molar-refractivity contribution in [2.75, 3.05) is 20.2 Å². The SMILES string of the molecule is COc1ccc(C(=O)N2CCC(C(=O)N/N=C\c3ccccc3C(F)(F)F)CC2)cc1. The molecule has 0 aromatic heterocycles. The van der Waals surface area contributed by atoms with Gasteiger partial charge in [0.1, 0.15) is 5.75 Å². The molecule has 1 fully saturated rings. The van der Waals surface area contributed by atoms with Crippen molar-refractivity contribution >= 4 is 18.0 Å². The molecule has 2 aromatic rings. The number of hydrogen-bond acceptors (Lipinski definition) is 4. The number of benzene rings is 2. The van der Waals surface area contributed by atoms with E-state index in [2.05, 4.69) is 10.5 Å². The lowest BCUT2D eigenvalue weighted by molar-refractivity contribution is -0.137. The molecule has 6 nitrogen and oxygen atoms in total. The van der Waals surface area contributed by atoms with E-state index in [0.29, 0.717) is 37.2 Å². The zero-order chi connectivity index (χ0) is 22.4. The van der Waals surface area contributed by atoms with Gasteiger partial charge in [0.25, 0.3) is 5.91 Å². The molecule has 0 saturated carbocycles. The van der Waals surface area contributed by atoms with Gasteiger partial charge in [-0.25, -0.2) is 5.43 Å². The number of likely N-dealkylation sites (tertiary alicyclic amines) is 1. The first kappa shape index (κ1) is 22.3. The molecular formula is C22H22F3N3O3. The fraction of sp³-hybridized carbons (Fsp3) is 0.318. The van der Waals surface area contributed by atoms with Crippen LogP contribution in [0.25, 0.3) is 0 Å². The van der Waals surface area contributed by atoms with Crippen molar-refractivity contribution < 1.29 is 27.5 Å². The Kier molecular flexibility index (Phi) is 6.94. The van der Waals surface area contributed by atoms with E-state index in [0.717, 1.165) is 12.3 Å². The second-order valence-electron chi connectivity index (χ2n) is 7.11. The smallest absolute Gasteiger partial charge is 0.417 e. The minimum absolute atomic E-state index is 0.122. The molecule has 3 rings (SSSR count). The summed E-state index contributed by atoms with van der Waals surface area (Å²) in [5.41, 5.74) is 1.90. The molecule has 31 heavy (non-hydrogen) atoms. The van der Waals surface area contributed by atoms with Crippen molar-refractivity contribution in [3.8, 4) is 5.75 Å². The molecule has 2 aromatic carbocycles. The third-order valence-corrected chi connectivity index (χ3v) is 5.13. The normalized spacial score (nSPS) is 15.2. The first-order chi connectivity index (χ1) is 14.8. The molecule has 1 saturated heterocycles. The summed E-state index contributed by atoms with van der Waals surface area (Å²) in [6, 6.07) is 11.8. The molecule has 2 amide bonds. The monoisotopic (exact) mass is 433 g/mol. The highest BCUT2D eigenvalue weighted by atomic mass is 19.4. The average molecular weight is 433 g/mol. The first-order valence-electron chi connectivity index (χ1n) is 9.72. The number of piperidine rings is 1. The summed E-state index contributed by atoms with van der Waals surface area (Å²) in [7, 11) is 1.55.